The maximum atomic E-state index is 11.4. The van der Waals surface area contributed by atoms with Crippen LogP contribution in [-0.2, 0) is 9.47 Å². The summed E-state index contributed by atoms with van der Waals surface area (Å²) in [5.74, 6) is -0.451. The fourth-order valence-corrected chi connectivity index (χ4v) is 1.69. The van der Waals surface area contributed by atoms with E-state index in [2.05, 4.69) is 11.7 Å². The van der Waals surface area contributed by atoms with Gasteiger partial charge >= 0.3 is 5.97 Å². The predicted octanol–water partition coefficient (Wildman–Crippen LogP) is 2.75. The lowest BCUT2D eigenvalue weighted by atomic mass is 9.99. The molecule has 1 rings (SSSR count). The number of aliphatic hydroxyl groups is 1. The molecule has 0 heterocycles. The van der Waals surface area contributed by atoms with Crippen LogP contribution in [0.2, 0.25) is 0 Å². The van der Waals surface area contributed by atoms with Crippen molar-refractivity contribution < 1.29 is 19.4 Å². The van der Waals surface area contributed by atoms with Crippen molar-refractivity contribution in [3.05, 3.63) is 35.4 Å². The van der Waals surface area contributed by atoms with Crippen LogP contribution in [-0.4, -0.2) is 37.0 Å². The van der Waals surface area contributed by atoms with Crippen molar-refractivity contribution >= 4 is 5.97 Å². The van der Waals surface area contributed by atoms with Crippen LogP contribution in [0.1, 0.15) is 49.0 Å². The Morgan fingerprint density at radius 2 is 1.90 bits per heavy atom. The third-order valence-electron chi connectivity index (χ3n) is 3.55. The maximum absolute atomic E-state index is 11.4. The molecule has 0 saturated heterocycles. The second-order valence-electron chi connectivity index (χ2n) is 5.42. The number of hydrogen-bond donors (Lipinski definition) is 1. The Morgan fingerprint density at radius 1 is 1.30 bits per heavy atom. The first-order valence-electron chi connectivity index (χ1n) is 6.86. The summed E-state index contributed by atoms with van der Waals surface area (Å²) in [5.41, 5.74) is 1.26. The average Bonchev–Trinajstić information content (AvgIpc) is 2.47. The first-order chi connectivity index (χ1) is 9.43. The van der Waals surface area contributed by atoms with Crippen molar-refractivity contribution in [2.45, 2.75) is 38.7 Å². The van der Waals surface area contributed by atoms with Crippen molar-refractivity contribution in [3.8, 4) is 0 Å². The van der Waals surface area contributed by atoms with E-state index in [1.54, 1.807) is 12.1 Å². The Balaban J connectivity index is 2.73. The third kappa shape index (κ3) is 4.62. The molecule has 4 nitrogen and oxygen atoms in total. The van der Waals surface area contributed by atoms with E-state index in [0.717, 1.165) is 12.0 Å². The average molecular weight is 280 g/mol. The molecule has 0 aliphatic rings. The Morgan fingerprint density at radius 3 is 2.35 bits per heavy atom. The fourth-order valence-electron chi connectivity index (χ4n) is 1.69. The van der Waals surface area contributed by atoms with Crippen LogP contribution < -0.4 is 0 Å². The van der Waals surface area contributed by atoms with Crippen molar-refractivity contribution in [1.82, 2.24) is 0 Å². The fraction of sp³-hybridized carbons (Fsp3) is 0.562. The van der Waals surface area contributed by atoms with Gasteiger partial charge in [-0.1, -0.05) is 19.1 Å². The molecule has 4 heteroatoms. The Kier molecular flexibility index (Phi) is 6.17. The highest BCUT2D eigenvalue weighted by Crippen LogP contribution is 2.21. The van der Waals surface area contributed by atoms with Crippen LogP contribution in [0.3, 0.4) is 0 Å². The number of methoxy groups -OCH3 is 1. The first kappa shape index (κ1) is 16.7. The van der Waals surface area contributed by atoms with Gasteiger partial charge in [0, 0.05) is 5.92 Å². The number of hydrogen-bond acceptors (Lipinski definition) is 4. The summed E-state index contributed by atoms with van der Waals surface area (Å²) in [5, 5.41) is 9.50. The van der Waals surface area contributed by atoms with E-state index in [-0.39, 0.29) is 24.1 Å². The van der Waals surface area contributed by atoms with Gasteiger partial charge in [-0.25, -0.2) is 4.79 Å². The van der Waals surface area contributed by atoms with Gasteiger partial charge in [0.1, 0.15) is 0 Å². The van der Waals surface area contributed by atoms with Crippen LogP contribution in [0, 0.1) is 0 Å². The Hall–Kier alpha value is -1.39. The van der Waals surface area contributed by atoms with Gasteiger partial charge in [-0.3, -0.25) is 0 Å². The molecule has 0 spiro atoms. The monoisotopic (exact) mass is 280 g/mol. The van der Waals surface area contributed by atoms with Crippen LogP contribution in [0.4, 0.5) is 0 Å². The number of carbonyl (C=O) groups excluding carboxylic acids is 1. The maximum Gasteiger partial charge on any atom is 0.337 e. The second-order valence-corrected chi connectivity index (χ2v) is 5.42. The van der Waals surface area contributed by atoms with Gasteiger partial charge in [-0.2, -0.15) is 0 Å². The molecular weight excluding hydrogens is 256 g/mol. The summed E-state index contributed by atoms with van der Waals surface area (Å²) >= 11 is 0. The molecule has 20 heavy (non-hydrogen) atoms. The summed E-state index contributed by atoms with van der Waals surface area (Å²) < 4.78 is 10.5. The lowest BCUT2D eigenvalue weighted by molar-refractivity contribution is -0.0326. The van der Waals surface area contributed by atoms with Gasteiger partial charge in [-0.05, 0) is 38.0 Å². The summed E-state index contributed by atoms with van der Waals surface area (Å²) in [6, 6.07) is 7.06. The summed E-state index contributed by atoms with van der Waals surface area (Å²) in [6.07, 6.45) is 0.909. The van der Waals surface area contributed by atoms with E-state index in [1.165, 1.54) is 7.11 Å². The number of aliphatic hydroxyl groups excluding tert-OH is 1. The largest absolute Gasteiger partial charge is 0.465 e. The van der Waals surface area contributed by atoms with Crippen LogP contribution in [0.5, 0.6) is 0 Å². The molecule has 112 valence electrons. The molecule has 1 aromatic carbocycles. The number of rotatable bonds is 7. The molecule has 0 aliphatic carbocycles. The third-order valence-corrected chi connectivity index (χ3v) is 3.55. The highest BCUT2D eigenvalue weighted by Gasteiger charge is 2.19. The van der Waals surface area contributed by atoms with Gasteiger partial charge in [0.2, 0.25) is 0 Å². The number of esters is 1. The minimum atomic E-state index is -0.361. The predicted molar refractivity (Wildman–Crippen MR) is 77.9 cm³/mol. The lowest BCUT2D eigenvalue weighted by Crippen LogP contribution is -2.27. The quantitative estimate of drug-likeness (QED) is 0.780. The van der Waals surface area contributed by atoms with E-state index < -0.39 is 0 Å². The van der Waals surface area contributed by atoms with E-state index in [0.29, 0.717) is 12.2 Å². The summed E-state index contributed by atoms with van der Waals surface area (Å²) in [7, 11) is 1.35. The van der Waals surface area contributed by atoms with E-state index in [9.17, 15) is 9.90 Å². The van der Waals surface area contributed by atoms with E-state index in [1.807, 2.05) is 26.0 Å². The molecule has 1 atom stereocenters. The molecule has 0 bridgehead atoms. The van der Waals surface area contributed by atoms with E-state index in [4.69, 9.17) is 4.74 Å². The zero-order valence-corrected chi connectivity index (χ0v) is 12.7. The molecule has 0 amide bonds. The molecule has 0 saturated carbocycles. The Labute approximate surface area is 120 Å². The zero-order valence-electron chi connectivity index (χ0n) is 12.7. The molecule has 1 aromatic rings. The van der Waals surface area contributed by atoms with Crippen molar-refractivity contribution in [1.29, 1.82) is 0 Å². The standard InChI is InChI=1S/C16H24O4/c1-5-16(2,3)20-11-14(10-17)12-6-8-13(9-7-12)15(18)19-4/h6-9,14,17H,5,10-11H2,1-4H3. The van der Waals surface area contributed by atoms with Crippen LogP contribution in [0.15, 0.2) is 24.3 Å². The second kappa shape index (κ2) is 7.41. The molecule has 0 aliphatic heterocycles. The summed E-state index contributed by atoms with van der Waals surface area (Å²) in [6.45, 7) is 6.59. The van der Waals surface area contributed by atoms with Crippen molar-refractivity contribution in [2.24, 2.45) is 0 Å². The van der Waals surface area contributed by atoms with E-state index >= 15 is 0 Å². The van der Waals surface area contributed by atoms with Crippen LogP contribution in [0.25, 0.3) is 0 Å². The topological polar surface area (TPSA) is 55.8 Å². The van der Waals surface area contributed by atoms with Crippen LogP contribution >= 0.6 is 0 Å². The normalized spacial score (nSPS) is 13.1. The molecule has 0 aromatic heterocycles. The highest BCUT2D eigenvalue weighted by atomic mass is 16.5. The summed E-state index contributed by atoms with van der Waals surface area (Å²) in [4.78, 5) is 11.4. The number of benzene rings is 1. The smallest absolute Gasteiger partial charge is 0.337 e. The molecular formula is C16H24O4. The van der Waals surface area contributed by atoms with Gasteiger partial charge in [-0.15, -0.1) is 0 Å². The molecule has 0 fully saturated rings. The first-order valence-corrected chi connectivity index (χ1v) is 6.86. The molecule has 1 N–H and O–H groups in total. The SMILES string of the molecule is CCC(C)(C)OCC(CO)c1ccc(C(=O)OC)cc1. The highest BCUT2D eigenvalue weighted by molar-refractivity contribution is 5.89. The minimum Gasteiger partial charge on any atom is -0.465 e. The lowest BCUT2D eigenvalue weighted by Gasteiger charge is -2.26. The number of ether oxygens (including phenoxy) is 2. The van der Waals surface area contributed by atoms with Gasteiger partial charge in [0.15, 0.2) is 0 Å². The van der Waals surface area contributed by atoms with Gasteiger partial charge in [0.25, 0.3) is 0 Å². The van der Waals surface area contributed by atoms with Crippen molar-refractivity contribution in [2.75, 3.05) is 20.3 Å². The molecule has 1 unspecified atom stereocenters. The van der Waals surface area contributed by atoms with Crippen molar-refractivity contribution in [3.63, 3.8) is 0 Å². The van der Waals surface area contributed by atoms with Gasteiger partial charge in [0.05, 0.1) is 31.5 Å². The van der Waals surface area contributed by atoms with Gasteiger partial charge < -0.3 is 14.6 Å². The Bertz CT molecular complexity index is 423. The minimum absolute atomic E-state index is 0.0113. The zero-order chi connectivity index (χ0) is 15.2. The number of carbonyl (C=O) groups is 1. The molecule has 0 radical (unpaired) electrons.